The predicted octanol–water partition coefficient (Wildman–Crippen LogP) is 1.98. The molecule has 2 aromatic rings. The summed E-state index contributed by atoms with van der Waals surface area (Å²) in [5.74, 6) is 0.966. The summed E-state index contributed by atoms with van der Waals surface area (Å²) in [7, 11) is -2.09. The molecular formula is C20H22N2O4S. The molecule has 0 aromatic heterocycles. The number of ether oxygens (including phenoxy) is 1. The van der Waals surface area contributed by atoms with Crippen molar-refractivity contribution in [3.05, 3.63) is 65.7 Å². The van der Waals surface area contributed by atoms with Crippen molar-refractivity contribution in [3.63, 3.8) is 0 Å². The summed E-state index contributed by atoms with van der Waals surface area (Å²) in [6.07, 6.45) is 3.97. The van der Waals surface area contributed by atoms with Gasteiger partial charge in [0.15, 0.2) is 0 Å². The molecule has 1 amide bonds. The molecule has 0 saturated carbocycles. The van der Waals surface area contributed by atoms with Gasteiger partial charge in [0.1, 0.15) is 5.75 Å². The topological polar surface area (TPSA) is 84.5 Å². The van der Waals surface area contributed by atoms with Gasteiger partial charge in [-0.1, -0.05) is 30.3 Å². The Balaban J connectivity index is 1.51. The number of hydrogen-bond acceptors (Lipinski definition) is 4. The van der Waals surface area contributed by atoms with Crippen molar-refractivity contribution in [2.24, 2.45) is 5.92 Å². The summed E-state index contributed by atoms with van der Waals surface area (Å²) in [5.41, 5.74) is 1.91. The number of para-hydroxylation sites is 1. The van der Waals surface area contributed by atoms with E-state index in [4.69, 9.17) is 4.74 Å². The number of rotatable bonds is 6. The number of carbonyl (C=O) groups is 1. The predicted molar refractivity (Wildman–Crippen MR) is 104 cm³/mol. The second-order valence-electron chi connectivity index (χ2n) is 6.34. The third kappa shape index (κ3) is 4.96. The first-order valence-corrected chi connectivity index (χ1v) is 10.2. The molecule has 1 heterocycles. The quantitative estimate of drug-likeness (QED) is 0.744. The van der Waals surface area contributed by atoms with Crippen molar-refractivity contribution < 1.29 is 17.9 Å². The number of sulfonamides is 1. The molecule has 0 spiro atoms. The van der Waals surface area contributed by atoms with Gasteiger partial charge in [0.05, 0.1) is 11.5 Å². The second-order valence-corrected chi connectivity index (χ2v) is 8.23. The van der Waals surface area contributed by atoms with Crippen molar-refractivity contribution in [1.29, 1.82) is 0 Å². The molecule has 0 fully saturated rings. The Bertz CT molecular complexity index is 937. The molecule has 27 heavy (non-hydrogen) atoms. The van der Waals surface area contributed by atoms with E-state index in [-0.39, 0.29) is 16.7 Å². The van der Waals surface area contributed by atoms with Crippen LogP contribution < -0.4 is 14.8 Å². The highest BCUT2D eigenvalue weighted by atomic mass is 32.2. The summed E-state index contributed by atoms with van der Waals surface area (Å²) in [5, 5.41) is 2.89. The van der Waals surface area contributed by atoms with E-state index in [2.05, 4.69) is 10.0 Å². The highest BCUT2D eigenvalue weighted by molar-refractivity contribution is 7.89. The van der Waals surface area contributed by atoms with Crippen molar-refractivity contribution in [2.75, 3.05) is 20.2 Å². The Kier molecular flexibility index (Phi) is 5.93. The summed E-state index contributed by atoms with van der Waals surface area (Å²) in [4.78, 5) is 12.2. The van der Waals surface area contributed by atoms with Crippen LogP contribution in [0.2, 0.25) is 0 Å². The fraction of sp³-hybridized carbons (Fsp3) is 0.250. The lowest BCUT2D eigenvalue weighted by Crippen LogP contribution is -2.33. The molecule has 0 saturated heterocycles. The lowest BCUT2D eigenvalue weighted by Gasteiger charge is -2.25. The zero-order valence-corrected chi connectivity index (χ0v) is 15.8. The molecule has 6 nitrogen and oxygen atoms in total. The van der Waals surface area contributed by atoms with E-state index in [0.29, 0.717) is 13.2 Å². The summed E-state index contributed by atoms with van der Waals surface area (Å²) in [6.45, 7) is 1.12. The van der Waals surface area contributed by atoms with Crippen LogP contribution in [0.5, 0.6) is 5.75 Å². The van der Waals surface area contributed by atoms with Gasteiger partial charge in [0, 0.05) is 18.5 Å². The van der Waals surface area contributed by atoms with E-state index < -0.39 is 10.0 Å². The molecule has 1 unspecified atom stereocenters. The summed E-state index contributed by atoms with van der Waals surface area (Å²) < 4.78 is 31.4. The Morgan fingerprint density at radius 1 is 1.19 bits per heavy atom. The van der Waals surface area contributed by atoms with Crippen molar-refractivity contribution in [2.45, 2.75) is 11.3 Å². The van der Waals surface area contributed by atoms with Gasteiger partial charge in [-0.2, -0.15) is 0 Å². The lowest BCUT2D eigenvalue weighted by atomic mass is 9.97. The largest absolute Gasteiger partial charge is 0.493 e. The number of hydrogen-bond donors (Lipinski definition) is 2. The first kappa shape index (κ1) is 19.1. The molecule has 2 N–H and O–H groups in total. The molecule has 0 radical (unpaired) electrons. The van der Waals surface area contributed by atoms with Gasteiger partial charge in [0.25, 0.3) is 0 Å². The highest BCUT2D eigenvalue weighted by Gasteiger charge is 2.19. The zero-order valence-electron chi connectivity index (χ0n) is 15.0. The summed E-state index contributed by atoms with van der Waals surface area (Å²) in [6, 6.07) is 14.2. The van der Waals surface area contributed by atoms with Gasteiger partial charge >= 0.3 is 0 Å². The number of amides is 1. The van der Waals surface area contributed by atoms with Gasteiger partial charge in [0.2, 0.25) is 15.9 Å². The maximum atomic E-state index is 12.0. The van der Waals surface area contributed by atoms with E-state index in [1.165, 1.54) is 25.3 Å². The van der Waals surface area contributed by atoms with Gasteiger partial charge in [-0.15, -0.1) is 0 Å². The molecule has 3 rings (SSSR count). The molecule has 0 bridgehead atoms. The maximum absolute atomic E-state index is 12.0. The van der Waals surface area contributed by atoms with Crippen molar-refractivity contribution >= 4 is 22.0 Å². The van der Waals surface area contributed by atoms with Gasteiger partial charge in [-0.05, 0) is 48.9 Å². The third-order valence-corrected chi connectivity index (χ3v) is 5.84. The van der Waals surface area contributed by atoms with Crippen LogP contribution >= 0.6 is 0 Å². The molecular weight excluding hydrogens is 364 g/mol. The smallest absolute Gasteiger partial charge is 0.244 e. The zero-order chi connectivity index (χ0) is 19.3. The maximum Gasteiger partial charge on any atom is 0.244 e. The Morgan fingerprint density at radius 3 is 2.67 bits per heavy atom. The van der Waals surface area contributed by atoms with Crippen molar-refractivity contribution in [3.8, 4) is 5.75 Å². The first-order chi connectivity index (χ1) is 13.0. The van der Waals surface area contributed by atoms with E-state index in [1.54, 1.807) is 18.2 Å². The summed E-state index contributed by atoms with van der Waals surface area (Å²) >= 11 is 0. The monoisotopic (exact) mass is 386 g/mol. The standard InChI is InChI=1S/C20H22N2O4S/c1-21-27(24,25)18-9-6-15(7-10-18)8-11-20(23)22-13-16-12-17-4-2-3-5-19(17)26-14-16/h2-11,16,21H,12-14H2,1H3,(H,22,23)/b11-8+. The molecule has 0 aliphatic carbocycles. The SMILES string of the molecule is CNS(=O)(=O)c1ccc(/C=C/C(=O)NCC2COc3ccccc3C2)cc1. The minimum atomic E-state index is -3.45. The van der Waals surface area contributed by atoms with Crippen LogP contribution in [-0.2, 0) is 21.2 Å². The Hall–Kier alpha value is -2.64. The fourth-order valence-corrected chi connectivity index (χ4v) is 3.60. The molecule has 142 valence electrons. The van der Waals surface area contributed by atoms with Gasteiger partial charge in [-0.3, -0.25) is 4.79 Å². The molecule has 2 aromatic carbocycles. The average Bonchev–Trinajstić information content (AvgIpc) is 2.71. The normalized spacial score (nSPS) is 16.6. The Morgan fingerprint density at radius 2 is 1.93 bits per heavy atom. The average molecular weight is 386 g/mol. The van der Waals surface area contributed by atoms with Crippen LogP contribution in [0.25, 0.3) is 6.08 Å². The molecule has 1 atom stereocenters. The van der Waals surface area contributed by atoms with Gasteiger partial charge < -0.3 is 10.1 Å². The Labute approximate surface area is 159 Å². The first-order valence-electron chi connectivity index (χ1n) is 8.68. The van der Waals surface area contributed by atoms with Gasteiger partial charge in [-0.25, -0.2) is 13.1 Å². The minimum Gasteiger partial charge on any atom is -0.493 e. The number of fused-ring (bicyclic) bond motifs is 1. The fourth-order valence-electron chi connectivity index (χ4n) is 2.87. The molecule has 1 aliphatic heterocycles. The van der Waals surface area contributed by atoms with Crippen LogP contribution in [0.15, 0.2) is 59.5 Å². The minimum absolute atomic E-state index is 0.184. The van der Waals surface area contributed by atoms with Crippen LogP contribution in [0.1, 0.15) is 11.1 Å². The van der Waals surface area contributed by atoms with Crippen molar-refractivity contribution in [1.82, 2.24) is 10.0 Å². The second kappa shape index (κ2) is 8.37. The van der Waals surface area contributed by atoms with Crippen LogP contribution in [0.3, 0.4) is 0 Å². The van der Waals surface area contributed by atoms with E-state index in [9.17, 15) is 13.2 Å². The van der Waals surface area contributed by atoms with Crippen LogP contribution in [0, 0.1) is 5.92 Å². The van der Waals surface area contributed by atoms with E-state index in [1.807, 2.05) is 24.3 Å². The number of carbonyl (C=O) groups excluding carboxylic acids is 1. The third-order valence-electron chi connectivity index (χ3n) is 4.41. The van der Waals surface area contributed by atoms with E-state index >= 15 is 0 Å². The number of benzene rings is 2. The van der Waals surface area contributed by atoms with Crippen LogP contribution in [0.4, 0.5) is 0 Å². The lowest BCUT2D eigenvalue weighted by molar-refractivity contribution is -0.116. The van der Waals surface area contributed by atoms with E-state index in [0.717, 1.165) is 23.3 Å². The highest BCUT2D eigenvalue weighted by Crippen LogP contribution is 2.26. The molecule has 7 heteroatoms. The molecule has 1 aliphatic rings. The van der Waals surface area contributed by atoms with Crippen LogP contribution in [-0.4, -0.2) is 34.5 Å². The number of nitrogens with one attached hydrogen (secondary N) is 2.